The largest absolute Gasteiger partial charge is 0.340 e. The smallest absolute Gasteiger partial charge is 0.272 e. The molecule has 5 rings (SSSR count). The molecule has 0 radical (unpaired) electrons. The van der Waals surface area contributed by atoms with Crippen molar-refractivity contribution in [3.8, 4) is 11.3 Å². The minimum Gasteiger partial charge on any atom is -0.340 e. The molecule has 2 aromatic heterocycles. The molecule has 31 heavy (non-hydrogen) atoms. The van der Waals surface area contributed by atoms with E-state index in [1.807, 2.05) is 64.9 Å². The zero-order valence-electron chi connectivity index (χ0n) is 17.9. The molecule has 7 heteroatoms. The first kappa shape index (κ1) is 19.8. The summed E-state index contributed by atoms with van der Waals surface area (Å²) in [5, 5.41) is 0. The normalized spacial score (nSPS) is 20.0. The van der Waals surface area contributed by atoms with Gasteiger partial charge in [-0.3, -0.25) is 9.59 Å². The van der Waals surface area contributed by atoms with Gasteiger partial charge in [-0.2, -0.15) is 0 Å². The van der Waals surface area contributed by atoms with Gasteiger partial charge in [-0.1, -0.05) is 36.4 Å². The molecule has 2 atom stereocenters. The van der Waals surface area contributed by atoms with Crippen LogP contribution >= 0.6 is 0 Å². The number of fused-ring (bicyclic) bond motifs is 4. The summed E-state index contributed by atoms with van der Waals surface area (Å²) in [7, 11) is 3.95. The number of aromatic nitrogens is 3. The molecule has 1 N–H and O–H groups in total. The maximum Gasteiger partial charge on any atom is 0.272 e. The first-order chi connectivity index (χ1) is 15.0. The highest BCUT2D eigenvalue weighted by Crippen LogP contribution is 2.36. The van der Waals surface area contributed by atoms with Crippen molar-refractivity contribution in [2.45, 2.75) is 25.4 Å². The van der Waals surface area contributed by atoms with E-state index in [2.05, 4.69) is 16.0 Å². The van der Waals surface area contributed by atoms with Gasteiger partial charge in [-0.15, -0.1) is 0 Å². The van der Waals surface area contributed by atoms with E-state index in [9.17, 15) is 9.59 Å². The first-order valence-corrected chi connectivity index (χ1v) is 10.8. The van der Waals surface area contributed by atoms with E-state index in [0.717, 1.165) is 23.2 Å². The highest BCUT2D eigenvalue weighted by Gasteiger charge is 2.37. The molecular weight excluding hydrogens is 390 g/mol. The van der Waals surface area contributed by atoms with Crippen molar-refractivity contribution in [3.63, 3.8) is 0 Å². The van der Waals surface area contributed by atoms with Crippen LogP contribution in [0.25, 0.3) is 11.3 Å². The third-order valence-electron chi connectivity index (χ3n) is 6.36. The number of H-pyrrole nitrogens is 1. The fourth-order valence-electron chi connectivity index (χ4n) is 5.05. The maximum absolute atomic E-state index is 13.4. The van der Waals surface area contributed by atoms with Gasteiger partial charge in [0.05, 0.1) is 6.33 Å². The van der Waals surface area contributed by atoms with E-state index >= 15 is 0 Å². The number of hydrogen-bond donors (Lipinski definition) is 1. The predicted molar refractivity (Wildman–Crippen MR) is 119 cm³/mol. The van der Waals surface area contributed by atoms with Gasteiger partial charge in [0.1, 0.15) is 11.4 Å². The van der Waals surface area contributed by atoms with E-state index in [1.165, 1.54) is 0 Å². The first-order valence-electron chi connectivity index (χ1n) is 10.8. The van der Waals surface area contributed by atoms with Crippen LogP contribution in [-0.2, 0) is 13.1 Å². The van der Waals surface area contributed by atoms with Gasteiger partial charge in [0.25, 0.3) is 11.5 Å². The number of rotatable bonds is 4. The molecule has 2 bridgehead atoms. The Kier molecular flexibility index (Phi) is 4.98. The second-order valence-electron chi connectivity index (χ2n) is 8.94. The van der Waals surface area contributed by atoms with Crippen molar-refractivity contribution in [1.82, 2.24) is 24.3 Å². The lowest BCUT2D eigenvalue weighted by atomic mass is 9.82. The Labute approximate surface area is 181 Å². The monoisotopic (exact) mass is 417 g/mol. The highest BCUT2D eigenvalue weighted by atomic mass is 16.2. The summed E-state index contributed by atoms with van der Waals surface area (Å²) < 4.78 is 1.95. The molecule has 0 saturated carbocycles. The number of likely N-dealkylation sites (tertiary alicyclic amines) is 1. The topological polar surface area (TPSA) is 74.2 Å². The molecule has 7 nitrogen and oxygen atoms in total. The number of benzene rings is 1. The van der Waals surface area contributed by atoms with Crippen molar-refractivity contribution >= 4 is 5.91 Å². The van der Waals surface area contributed by atoms with Crippen LogP contribution in [0.2, 0.25) is 0 Å². The molecule has 1 aromatic carbocycles. The molecule has 0 spiro atoms. The summed E-state index contributed by atoms with van der Waals surface area (Å²) in [5.41, 5.74) is 4.13. The number of carbonyl (C=O) groups is 1. The quantitative estimate of drug-likeness (QED) is 0.708. The summed E-state index contributed by atoms with van der Waals surface area (Å²) >= 11 is 0. The minimum absolute atomic E-state index is 0.0222. The SMILES string of the molecule is CN(C)Cc1ccc2n(c1=O)C[C@H]1C[C@@H]2CN(C(=O)c2[nH]cnc2-c2ccccc2)C1. The highest BCUT2D eigenvalue weighted by molar-refractivity contribution is 5.98. The number of pyridine rings is 1. The molecule has 2 aliphatic heterocycles. The van der Waals surface area contributed by atoms with Gasteiger partial charge in [0.15, 0.2) is 0 Å². The molecule has 0 unspecified atom stereocenters. The Bertz CT molecular complexity index is 1160. The number of hydrogen-bond acceptors (Lipinski definition) is 4. The van der Waals surface area contributed by atoms with Crippen molar-refractivity contribution < 1.29 is 4.79 Å². The van der Waals surface area contributed by atoms with Crippen LogP contribution in [0.15, 0.2) is 53.6 Å². The van der Waals surface area contributed by atoms with E-state index in [-0.39, 0.29) is 23.3 Å². The average Bonchev–Trinajstić information content (AvgIpc) is 3.26. The molecule has 160 valence electrons. The third kappa shape index (κ3) is 3.59. The van der Waals surface area contributed by atoms with Crippen LogP contribution < -0.4 is 5.56 Å². The van der Waals surface area contributed by atoms with Gasteiger partial charge in [-0.25, -0.2) is 4.98 Å². The zero-order valence-corrected chi connectivity index (χ0v) is 17.9. The number of amides is 1. The van der Waals surface area contributed by atoms with Crippen LogP contribution in [0.3, 0.4) is 0 Å². The lowest BCUT2D eigenvalue weighted by molar-refractivity contribution is 0.0589. The standard InChI is InChI=1S/C24H27N5O2/c1-27(2)13-18-8-9-20-19-10-16(12-29(20)23(18)30)11-28(14-19)24(31)22-21(25-15-26-22)17-6-4-3-5-7-17/h3-9,15-16,19H,10-14H2,1-2H3,(H,25,26)/t16-,19+/m0/s1. The van der Waals surface area contributed by atoms with Crippen LogP contribution in [0.4, 0.5) is 0 Å². The molecule has 3 aromatic rings. The second kappa shape index (κ2) is 7.81. The number of imidazole rings is 1. The van der Waals surface area contributed by atoms with Crippen LogP contribution in [0.1, 0.15) is 34.1 Å². The van der Waals surface area contributed by atoms with E-state index in [0.29, 0.717) is 37.6 Å². The number of nitrogens with zero attached hydrogens (tertiary/aromatic N) is 4. The summed E-state index contributed by atoms with van der Waals surface area (Å²) in [6, 6.07) is 13.8. The third-order valence-corrected chi connectivity index (χ3v) is 6.36. The Morgan fingerprint density at radius 1 is 1.13 bits per heavy atom. The Hall–Kier alpha value is -3.19. The molecule has 1 amide bonds. The average molecular weight is 418 g/mol. The summed E-state index contributed by atoms with van der Waals surface area (Å²) in [4.78, 5) is 37.9. The molecule has 1 fully saturated rings. The van der Waals surface area contributed by atoms with E-state index in [1.54, 1.807) is 6.33 Å². The zero-order chi connectivity index (χ0) is 21.5. The van der Waals surface area contributed by atoms with Crippen molar-refractivity contribution in [2.75, 3.05) is 27.2 Å². The number of carbonyl (C=O) groups excluding carboxylic acids is 1. The fraction of sp³-hybridized carbons (Fsp3) is 0.375. The summed E-state index contributed by atoms with van der Waals surface area (Å²) in [6.45, 7) is 2.59. The molecule has 0 aliphatic carbocycles. The number of piperidine rings is 1. The van der Waals surface area contributed by atoms with Gasteiger partial charge < -0.3 is 19.4 Å². The van der Waals surface area contributed by atoms with Gasteiger partial charge in [-0.05, 0) is 32.5 Å². The lowest BCUT2D eigenvalue weighted by Crippen LogP contribution is -2.49. The van der Waals surface area contributed by atoms with Crippen molar-refractivity contribution in [3.05, 3.63) is 76.1 Å². The van der Waals surface area contributed by atoms with E-state index < -0.39 is 0 Å². The predicted octanol–water partition coefficient (Wildman–Crippen LogP) is 2.56. The Balaban J connectivity index is 1.42. The summed E-state index contributed by atoms with van der Waals surface area (Å²) in [6.07, 6.45) is 2.60. The van der Waals surface area contributed by atoms with Gasteiger partial charge in [0.2, 0.25) is 0 Å². The molecular formula is C24H27N5O2. The Morgan fingerprint density at radius 3 is 2.71 bits per heavy atom. The second-order valence-corrected chi connectivity index (χ2v) is 8.94. The lowest BCUT2D eigenvalue weighted by Gasteiger charge is -2.42. The van der Waals surface area contributed by atoms with Crippen molar-refractivity contribution in [2.24, 2.45) is 5.92 Å². The molecule has 2 aliphatic rings. The van der Waals surface area contributed by atoms with Crippen molar-refractivity contribution in [1.29, 1.82) is 0 Å². The van der Waals surface area contributed by atoms with E-state index in [4.69, 9.17) is 0 Å². The van der Waals surface area contributed by atoms with Crippen LogP contribution in [0.5, 0.6) is 0 Å². The Morgan fingerprint density at radius 2 is 1.94 bits per heavy atom. The van der Waals surface area contributed by atoms with Crippen LogP contribution in [-0.4, -0.2) is 57.4 Å². The number of nitrogens with one attached hydrogen (secondary N) is 1. The molecule has 1 saturated heterocycles. The number of aromatic amines is 1. The van der Waals surface area contributed by atoms with Crippen LogP contribution in [0, 0.1) is 5.92 Å². The van der Waals surface area contributed by atoms with Gasteiger partial charge >= 0.3 is 0 Å². The minimum atomic E-state index is -0.0222. The fourth-order valence-corrected chi connectivity index (χ4v) is 5.05. The molecule has 4 heterocycles. The summed E-state index contributed by atoms with van der Waals surface area (Å²) in [5.74, 6) is 0.442. The maximum atomic E-state index is 13.4. The van der Waals surface area contributed by atoms with Gasteiger partial charge in [0, 0.05) is 48.9 Å².